The van der Waals surface area contributed by atoms with E-state index < -0.39 is 11.7 Å². The Bertz CT molecular complexity index is 1050. The molecule has 31 heavy (non-hydrogen) atoms. The second kappa shape index (κ2) is 10.2. The maximum atomic E-state index is 13.7. The molecule has 0 unspecified atom stereocenters. The zero-order valence-corrected chi connectivity index (χ0v) is 17.6. The number of amidine groups is 1. The highest BCUT2D eigenvalue weighted by atomic mass is 35.5. The third kappa shape index (κ3) is 6.16. The molecule has 3 rings (SSSR count). The van der Waals surface area contributed by atoms with Crippen LogP contribution >= 0.6 is 11.6 Å². The molecule has 162 valence electrons. The Kier molecular flexibility index (Phi) is 7.43. The van der Waals surface area contributed by atoms with Gasteiger partial charge in [-0.1, -0.05) is 23.7 Å². The predicted molar refractivity (Wildman–Crippen MR) is 116 cm³/mol. The lowest BCUT2D eigenvalue weighted by Crippen LogP contribution is -2.32. The topological polar surface area (TPSA) is 87.4 Å². The number of carbonyl (C=O) groups is 1. The van der Waals surface area contributed by atoms with Gasteiger partial charge >= 0.3 is 0 Å². The van der Waals surface area contributed by atoms with Gasteiger partial charge in [-0.2, -0.15) is 10.1 Å². The number of carbonyl (C=O) groups excluding carboxylic acids is 1. The van der Waals surface area contributed by atoms with Gasteiger partial charge in [0.1, 0.15) is 17.5 Å². The zero-order chi connectivity index (χ0) is 22.4. The molecular formula is C21H20ClF2N5O2. The molecule has 0 radical (unpaired) electrons. The van der Waals surface area contributed by atoms with Gasteiger partial charge in [0.2, 0.25) is 5.96 Å². The number of rotatable bonds is 5. The van der Waals surface area contributed by atoms with Crippen LogP contribution < -0.4 is 10.7 Å². The molecule has 1 aliphatic heterocycles. The van der Waals surface area contributed by atoms with Crippen molar-refractivity contribution >= 4 is 35.0 Å². The Hall–Kier alpha value is -3.17. The van der Waals surface area contributed by atoms with E-state index in [4.69, 9.17) is 16.3 Å². The summed E-state index contributed by atoms with van der Waals surface area (Å²) in [6.45, 7) is 2.10. The summed E-state index contributed by atoms with van der Waals surface area (Å²) in [6.07, 6.45) is 0.328. The van der Waals surface area contributed by atoms with Crippen molar-refractivity contribution in [3.05, 3.63) is 70.2 Å². The Morgan fingerprint density at radius 2 is 2.03 bits per heavy atom. The lowest BCUT2D eigenvalue weighted by atomic mass is 10.1. The maximum Gasteiger partial charge on any atom is 0.258 e. The number of guanidine groups is 1. The molecule has 2 aromatic carbocycles. The van der Waals surface area contributed by atoms with Crippen LogP contribution in [0.2, 0.25) is 5.02 Å². The summed E-state index contributed by atoms with van der Waals surface area (Å²) in [5, 5.41) is 6.69. The van der Waals surface area contributed by atoms with Gasteiger partial charge in [-0.25, -0.2) is 13.8 Å². The molecule has 1 heterocycles. The number of ether oxygens (including phenoxy) is 1. The molecule has 0 aliphatic carbocycles. The highest BCUT2D eigenvalue weighted by molar-refractivity contribution is 6.30. The molecule has 2 aromatic rings. The number of halogens is 3. The van der Waals surface area contributed by atoms with Gasteiger partial charge in [-0.15, -0.1) is 0 Å². The van der Waals surface area contributed by atoms with Gasteiger partial charge in [-0.3, -0.25) is 15.5 Å². The Labute approximate surface area is 182 Å². The fraction of sp³-hybridized carbons (Fsp3) is 0.238. The number of hydrogen-bond donors (Lipinski definition) is 2. The lowest BCUT2D eigenvalue weighted by molar-refractivity contribution is 0.0976. The first kappa shape index (κ1) is 22.5. The SMILES string of the molecule is COC[C@H](C)N=C(N=C1CC(c2ccc(F)cc2)=NN1)NC(=O)c1ccc(Cl)c(F)c1. The van der Waals surface area contributed by atoms with Crippen LogP contribution in [0.4, 0.5) is 8.78 Å². The quantitative estimate of drug-likeness (QED) is 0.543. The minimum Gasteiger partial charge on any atom is -0.382 e. The van der Waals surface area contributed by atoms with Crippen LogP contribution in [0.15, 0.2) is 57.6 Å². The molecule has 0 saturated heterocycles. The monoisotopic (exact) mass is 447 g/mol. The maximum absolute atomic E-state index is 13.7. The van der Waals surface area contributed by atoms with Crippen molar-refractivity contribution in [1.82, 2.24) is 10.7 Å². The van der Waals surface area contributed by atoms with Crippen LogP contribution in [0.5, 0.6) is 0 Å². The third-order valence-electron chi connectivity index (χ3n) is 4.23. The van der Waals surface area contributed by atoms with Gasteiger partial charge in [0.25, 0.3) is 5.91 Å². The van der Waals surface area contributed by atoms with Crippen molar-refractivity contribution in [2.75, 3.05) is 13.7 Å². The van der Waals surface area contributed by atoms with E-state index in [9.17, 15) is 13.6 Å². The molecule has 1 amide bonds. The summed E-state index contributed by atoms with van der Waals surface area (Å²) in [5.41, 5.74) is 4.26. The van der Waals surface area contributed by atoms with Crippen LogP contribution in [0, 0.1) is 11.6 Å². The third-order valence-corrected chi connectivity index (χ3v) is 4.54. The standard InChI is InChI=1S/C21H20ClF2N5O2/c1-12(11-31-2)25-21(27-20(30)14-5-8-16(22)17(24)9-14)26-19-10-18(28-29-19)13-3-6-15(23)7-4-13/h3-9,12H,10-11H2,1-2H3,(H2,25,26,27,29,30)/t12-/m0/s1. The van der Waals surface area contributed by atoms with Gasteiger partial charge in [0, 0.05) is 12.7 Å². The summed E-state index contributed by atoms with van der Waals surface area (Å²) in [4.78, 5) is 21.3. The summed E-state index contributed by atoms with van der Waals surface area (Å²) >= 11 is 5.67. The van der Waals surface area contributed by atoms with Crippen LogP contribution in [-0.4, -0.2) is 43.2 Å². The average Bonchev–Trinajstić information content (AvgIpc) is 3.19. The van der Waals surface area contributed by atoms with E-state index >= 15 is 0 Å². The number of nitrogens with zero attached hydrogens (tertiary/aromatic N) is 3. The number of hydrazone groups is 1. The Morgan fingerprint density at radius 1 is 1.29 bits per heavy atom. The van der Waals surface area contributed by atoms with Crippen molar-refractivity contribution in [3.63, 3.8) is 0 Å². The minimum atomic E-state index is -0.707. The van der Waals surface area contributed by atoms with Crippen LogP contribution in [0.25, 0.3) is 0 Å². The number of benzene rings is 2. The molecular weight excluding hydrogens is 428 g/mol. The molecule has 1 atom stereocenters. The lowest BCUT2D eigenvalue weighted by Gasteiger charge is -2.10. The predicted octanol–water partition coefficient (Wildman–Crippen LogP) is 3.54. The van der Waals surface area contributed by atoms with Gasteiger partial charge < -0.3 is 4.74 Å². The molecule has 0 aromatic heterocycles. The number of methoxy groups -OCH3 is 1. The molecule has 0 spiro atoms. The first-order chi connectivity index (χ1) is 14.9. The van der Waals surface area contributed by atoms with E-state index in [1.807, 2.05) is 0 Å². The fourth-order valence-electron chi connectivity index (χ4n) is 2.76. The van der Waals surface area contributed by atoms with Crippen molar-refractivity contribution < 1.29 is 18.3 Å². The highest BCUT2D eigenvalue weighted by Crippen LogP contribution is 2.16. The van der Waals surface area contributed by atoms with Crippen molar-refractivity contribution in [3.8, 4) is 0 Å². The van der Waals surface area contributed by atoms with E-state index in [0.717, 1.165) is 11.6 Å². The zero-order valence-electron chi connectivity index (χ0n) is 16.8. The van der Waals surface area contributed by atoms with Crippen LogP contribution in [0.3, 0.4) is 0 Å². The highest BCUT2D eigenvalue weighted by Gasteiger charge is 2.18. The Balaban J connectivity index is 1.78. The molecule has 1 aliphatic rings. The first-order valence-corrected chi connectivity index (χ1v) is 9.72. The average molecular weight is 448 g/mol. The van der Waals surface area contributed by atoms with E-state index in [1.54, 1.807) is 19.1 Å². The summed E-state index contributed by atoms with van der Waals surface area (Å²) in [6, 6.07) is 9.35. The van der Waals surface area contributed by atoms with Gasteiger partial charge in [0.15, 0.2) is 0 Å². The smallest absolute Gasteiger partial charge is 0.258 e. The molecule has 0 fully saturated rings. The number of nitrogens with one attached hydrogen (secondary N) is 2. The van der Waals surface area contributed by atoms with Crippen molar-refractivity contribution in [2.24, 2.45) is 15.1 Å². The summed E-state index contributed by atoms with van der Waals surface area (Å²) in [7, 11) is 1.54. The van der Waals surface area contributed by atoms with Gasteiger partial charge in [0.05, 0.1) is 29.8 Å². The van der Waals surface area contributed by atoms with E-state index in [-0.39, 0.29) is 28.4 Å². The summed E-state index contributed by atoms with van der Waals surface area (Å²) in [5.74, 6) is -1.19. The largest absolute Gasteiger partial charge is 0.382 e. The second-order valence-corrected chi connectivity index (χ2v) is 7.16. The van der Waals surface area contributed by atoms with Crippen molar-refractivity contribution in [1.29, 1.82) is 0 Å². The molecule has 2 N–H and O–H groups in total. The first-order valence-electron chi connectivity index (χ1n) is 9.35. The fourth-order valence-corrected chi connectivity index (χ4v) is 2.88. The Morgan fingerprint density at radius 3 is 2.71 bits per heavy atom. The van der Waals surface area contributed by atoms with Gasteiger partial charge in [-0.05, 0) is 42.8 Å². The van der Waals surface area contributed by atoms with Crippen LogP contribution in [0.1, 0.15) is 29.3 Å². The number of hydrogen-bond acceptors (Lipinski definition) is 4. The number of aliphatic imine (C=N–C) groups is 2. The molecule has 0 bridgehead atoms. The van der Waals surface area contributed by atoms with Crippen molar-refractivity contribution in [2.45, 2.75) is 19.4 Å². The minimum absolute atomic E-state index is 0.0166. The molecule has 10 heteroatoms. The van der Waals surface area contributed by atoms with E-state index in [1.165, 1.54) is 31.4 Å². The van der Waals surface area contributed by atoms with E-state index in [0.29, 0.717) is 24.6 Å². The van der Waals surface area contributed by atoms with Crippen LogP contribution in [-0.2, 0) is 4.74 Å². The molecule has 7 nitrogen and oxygen atoms in total. The second-order valence-electron chi connectivity index (χ2n) is 6.75. The molecule has 0 saturated carbocycles. The summed E-state index contributed by atoms with van der Waals surface area (Å²) < 4.78 is 31.9. The normalized spacial score (nSPS) is 16.1. The van der Waals surface area contributed by atoms with E-state index in [2.05, 4.69) is 25.8 Å². The number of amides is 1.